The Morgan fingerprint density at radius 2 is 2.20 bits per heavy atom. The quantitative estimate of drug-likeness (QED) is 0.747. The first-order valence-corrected chi connectivity index (χ1v) is 8.02. The SMILES string of the molecule is CCCNC(C)C(C)(C)CN(Cc1ccco1)C1CC1. The van der Waals surface area contributed by atoms with Gasteiger partial charge in [0, 0.05) is 18.6 Å². The van der Waals surface area contributed by atoms with Crippen LogP contribution in [0.25, 0.3) is 0 Å². The van der Waals surface area contributed by atoms with Crippen molar-refractivity contribution in [3.63, 3.8) is 0 Å². The zero-order valence-corrected chi connectivity index (χ0v) is 13.5. The highest BCUT2D eigenvalue weighted by Crippen LogP contribution is 2.33. The summed E-state index contributed by atoms with van der Waals surface area (Å²) in [4.78, 5) is 2.60. The summed E-state index contributed by atoms with van der Waals surface area (Å²) in [5.74, 6) is 1.09. The van der Waals surface area contributed by atoms with Crippen molar-refractivity contribution in [3.8, 4) is 0 Å². The molecule has 0 spiro atoms. The Hall–Kier alpha value is -0.800. The highest BCUT2D eigenvalue weighted by atomic mass is 16.3. The van der Waals surface area contributed by atoms with Gasteiger partial charge in [0.05, 0.1) is 12.8 Å². The van der Waals surface area contributed by atoms with Gasteiger partial charge in [-0.25, -0.2) is 0 Å². The van der Waals surface area contributed by atoms with Crippen molar-refractivity contribution in [3.05, 3.63) is 24.2 Å². The number of hydrogen-bond donors (Lipinski definition) is 1. The van der Waals surface area contributed by atoms with Crippen LogP contribution in [-0.4, -0.2) is 30.1 Å². The van der Waals surface area contributed by atoms with Crippen molar-refractivity contribution < 1.29 is 4.42 Å². The third-order valence-electron chi connectivity index (χ3n) is 4.49. The third kappa shape index (κ3) is 4.35. The molecule has 1 saturated carbocycles. The highest BCUT2D eigenvalue weighted by Gasteiger charge is 2.35. The topological polar surface area (TPSA) is 28.4 Å². The largest absolute Gasteiger partial charge is 0.468 e. The second-order valence-corrected chi connectivity index (χ2v) is 6.88. The number of furan rings is 1. The lowest BCUT2D eigenvalue weighted by molar-refractivity contribution is 0.124. The fraction of sp³-hybridized carbons (Fsp3) is 0.765. The van der Waals surface area contributed by atoms with Crippen LogP contribution < -0.4 is 5.32 Å². The molecular formula is C17H30N2O. The van der Waals surface area contributed by atoms with Gasteiger partial charge in [-0.2, -0.15) is 0 Å². The predicted octanol–water partition coefficient (Wildman–Crippen LogP) is 3.66. The van der Waals surface area contributed by atoms with Gasteiger partial charge in [-0.15, -0.1) is 0 Å². The van der Waals surface area contributed by atoms with E-state index in [2.05, 4.69) is 44.0 Å². The van der Waals surface area contributed by atoms with Crippen LogP contribution in [0.1, 0.15) is 52.7 Å². The molecule has 1 N–H and O–H groups in total. The van der Waals surface area contributed by atoms with Crippen LogP contribution in [0.15, 0.2) is 22.8 Å². The molecule has 1 aliphatic rings. The standard InChI is InChI=1S/C17H30N2O/c1-5-10-18-14(2)17(3,4)13-19(15-8-9-15)12-16-7-6-11-20-16/h6-7,11,14-15,18H,5,8-10,12-13H2,1-4H3. The summed E-state index contributed by atoms with van der Waals surface area (Å²) in [6.07, 6.45) is 5.65. The summed E-state index contributed by atoms with van der Waals surface area (Å²) in [5.41, 5.74) is 0.268. The molecule has 0 aromatic carbocycles. The lowest BCUT2D eigenvalue weighted by Gasteiger charge is -2.37. The Morgan fingerprint density at radius 3 is 2.75 bits per heavy atom. The molecule has 0 saturated heterocycles. The Labute approximate surface area is 123 Å². The summed E-state index contributed by atoms with van der Waals surface area (Å²) in [5, 5.41) is 3.65. The first-order valence-electron chi connectivity index (χ1n) is 8.02. The molecule has 1 unspecified atom stereocenters. The fourth-order valence-electron chi connectivity index (χ4n) is 2.65. The zero-order valence-electron chi connectivity index (χ0n) is 13.5. The van der Waals surface area contributed by atoms with Crippen LogP contribution in [0.3, 0.4) is 0 Å². The van der Waals surface area contributed by atoms with E-state index < -0.39 is 0 Å². The van der Waals surface area contributed by atoms with E-state index in [0.29, 0.717) is 6.04 Å². The van der Waals surface area contributed by atoms with Crippen LogP contribution in [0.2, 0.25) is 0 Å². The first kappa shape index (κ1) is 15.6. The van der Waals surface area contributed by atoms with Gasteiger partial charge in [0.1, 0.15) is 5.76 Å². The van der Waals surface area contributed by atoms with Gasteiger partial charge in [0.2, 0.25) is 0 Å². The van der Waals surface area contributed by atoms with Crippen LogP contribution >= 0.6 is 0 Å². The van der Waals surface area contributed by atoms with Crippen molar-refractivity contribution in [2.75, 3.05) is 13.1 Å². The van der Waals surface area contributed by atoms with Crippen LogP contribution in [0, 0.1) is 5.41 Å². The van der Waals surface area contributed by atoms with E-state index in [1.165, 1.54) is 19.3 Å². The van der Waals surface area contributed by atoms with Crippen molar-refractivity contribution >= 4 is 0 Å². The molecule has 0 radical (unpaired) electrons. The monoisotopic (exact) mass is 278 g/mol. The Bertz CT molecular complexity index is 382. The molecule has 20 heavy (non-hydrogen) atoms. The second-order valence-electron chi connectivity index (χ2n) is 6.88. The van der Waals surface area contributed by atoms with Gasteiger partial charge < -0.3 is 9.73 Å². The maximum absolute atomic E-state index is 5.52. The van der Waals surface area contributed by atoms with Crippen molar-refractivity contribution in [2.24, 2.45) is 5.41 Å². The molecule has 1 aromatic heterocycles. The minimum atomic E-state index is 0.268. The van der Waals surface area contributed by atoms with Gasteiger partial charge in [-0.05, 0) is 50.3 Å². The Balaban J connectivity index is 1.92. The van der Waals surface area contributed by atoms with E-state index in [4.69, 9.17) is 4.42 Å². The molecule has 1 aromatic rings. The summed E-state index contributed by atoms with van der Waals surface area (Å²) in [6, 6.07) is 5.36. The second kappa shape index (κ2) is 6.77. The van der Waals surface area contributed by atoms with E-state index in [-0.39, 0.29) is 5.41 Å². The van der Waals surface area contributed by atoms with Crippen molar-refractivity contribution in [1.82, 2.24) is 10.2 Å². The van der Waals surface area contributed by atoms with Crippen molar-refractivity contribution in [1.29, 1.82) is 0 Å². The molecule has 0 aliphatic heterocycles. The molecule has 0 bridgehead atoms. The minimum Gasteiger partial charge on any atom is -0.468 e. The lowest BCUT2D eigenvalue weighted by Crippen LogP contribution is -2.47. The average molecular weight is 278 g/mol. The summed E-state index contributed by atoms with van der Waals surface area (Å²) in [7, 11) is 0. The van der Waals surface area contributed by atoms with Gasteiger partial charge in [-0.1, -0.05) is 20.8 Å². The smallest absolute Gasteiger partial charge is 0.117 e. The Kier molecular flexibility index (Phi) is 5.28. The fourth-order valence-corrected chi connectivity index (χ4v) is 2.65. The van der Waals surface area contributed by atoms with Gasteiger partial charge >= 0.3 is 0 Å². The van der Waals surface area contributed by atoms with E-state index >= 15 is 0 Å². The summed E-state index contributed by atoms with van der Waals surface area (Å²) in [6.45, 7) is 12.5. The molecule has 3 nitrogen and oxygen atoms in total. The molecule has 114 valence electrons. The number of nitrogens with zero attached hydrogens (tertiary/aromatic N) is 1. The molecule has 3 heteroatoms. The van der Waals surface area contributed by atoms with Gasteiger partial charge in [-0.3, -0.25) is 4.90 Å². The van der Waals surface area contributed by atoms with Crippen LogP contribution in [0.4, 0.5) is 0 Å². The molecular weight excluding hydrogens is 248 g/mol. The van der Waals surface area contributed by atoms with E-state index in [1.54, 1.807) is 6.26 Å². The van der Waals surface area contributed by atoms with Gasteiger partial charge in [0.25, 0.3) is 0 Å². The molecule has 1 atom stereocenters. The summed E-state index contributed by atoms with van der Waals surface area (Å²) < 4.78 is 5.52. The number of rotatable bonds is 9. The van der Waals surface area contributed by atoms with Crippen molar-refractivity contribution in [2.45, 2.75) is 65.6 Å². The molecule has 1 heterocycles. The molecule has 2 rings (SSSR count). The normalized spacial score (nSPS) is 17.6. The van der Waals surface area contributed by atoms with E-state index in [1.807, 2.05) is 6.07 Å². The number of hydrogen-bond acceptors (Lipinski definition) is 3. The summed E-state index contributed by atoms with van der Waals surface area (Å²) >= 11 is 0. The number of nitrogens with one attached hydrogen (secondary N) is 1. The highest BCUT2D eigenvalue weighted by molar-refractivity contribution is 5.01. The lowest BCUT2D eigenvalue weighted by atomic mass is 9.84. The predicted molar refractivity (Wildman–Crippen MR) is 83.7 cm³/mol. The minimum absolute atomic E-state index is 0.268. The van der Waals surface area contributed by atoms with E-state index in [9.17, 15) is 0 Å². The zero-order chi connectivity index (χ0) is 14.6. The van der Waals surface area contributed by atoms with Crippen LogP contribution in [-0.2, 0) is 6.54 Å². The molecule has 0 amide bonds. The maximum atomic E-state index is 5.52. The van der Waals surface area contributed by atoms with E-state index in [0.717, 1.165) is 31.4 Å². The third-order valence-corrected chi connectivity index (χ3v) is 4.49. The van der Waals surface area contributed by atoms with Crippen LogP contribution in [0.5, 0.6) is 0 Å². The average Bonchev–Trinajstić information content (AvgIpc) is 3.14. The Morgan fingerprint density at radius 1 is 1.45 bits per heavy atom. The first-order chi connectivity index (χ1) is 9.53. The maximum Gasteiger partial charge on any atom is 0.117 e. The molecule has 1 fully saturated rings. The van der Waals surface area contributed by atoms with Gasteiger partial charge in [0.15, 0.2) is 0 Å². The molecule has 1 aliphatic carbocycles.